The molecule has 0 fully saturated rings. The van der Waals surface area contributed by atoms with Crippen LogP contribution in [0.15, 0.2) is 41.7 Å². The largest absolute Gasteiger partial charge is 0.293 e. The van der Waals surface area contributed by atoms with Crippen molar-refractivity contribution in [2.45, 2.75) is 24.7 Å². The van der Waals surface area contributed by atoms with E-state index in [1.165, 1.54) is 5.56 Å². The second kappa shape index (κ2) is 5.54. The van der Waals surface area contributed by atoms with E-state index in [-0.39, 0.29) is 5.16 Å². The lowest BCUT2D eigenvalue weighted by Crippen LogP contribution is -2.31. The highest BCUT2D eigenvalue weighted by Crippen LogP contribution is 2.19. The van der Waals surface area contributed by atoms with Gasteiger partial charge in [0.2, 0.25) is 15.0 Å². The average molecular weight is 303 g/mol. The molecule has 0 radical (unpaired) electrons. The first-order chi connectivity index (χ1) is 10.0. The van der Waals surface area contributed by atoms with Crippen LogP contribution in [0.2, 0.25) is 0 Å². The molecule has 5 nitrogen and oxygen atoms in total. The molecule has 0 amide bonds. The maximum atomic E-state index is 11.6. The van der Waals surface area contributed by atoms with Gasteiger partial charge in [0.25, 0.3) is 0 Å². The standard InChI is InChI=1S/C15H17N3O2S/c1-21(19,20)15-16-9-13-7-8-18(11-14(13)17-15)10-12-5-3-2-4-6-12/h2-6,9H,7-8,10-11H2,1H3. The van der Waals surface area contributed by atoms with Gasteiger partial charge in [0.05, 0.1) is 5.69 Å². The number of hydrogen-bond acceptors (Lipinski definition) is 5. The van der Waals surface area contributed by atoms with Crippen LogP contribution in [0.25, 0.3) is 0 Å². The van der Waals surface area contributed by atoms with Crippen molar-refractivity contribution in [2.75, 3.05) is 12.8 Å². The zero-order valence-electron chi connectivity index (χ0n) is 11.9. The molecule has 0 N–H and O–H groups in total. The third kappa shape index (κ3) is 3.28. The van der Waals surface area contributed by atoms with Gasteiger partial charge in [-0.15, -0.1) is 0 Å². The maximum absolute atomic E-state index is 11.6. The van der Waals surface area contributed by atoms with Crippen molar-refractivity contribution in [3.8, 4) is 0 Å². The Labute approximate surface area is 124 Å². The smallest absolute Gasteiger partial charge is 0.247 e. The third-order valence-corrected chi connectivity index (χ3v) is 4.44. The van der Waals surface area contributed by atoms with Gasteiger partial charge in [0.15, 0.2) is 0 Å². The first-order valence-corrected chi connectivity index (χ1v) is 8.72. The summed E-state index contributed by atoms with van der Waals surface area (Å²) >= 11 is 0. The summed E-state index contributed by atoms with van der Waals surface area (Å²) in [4.78, 5) is 10.5. The van der Waals surface area contributed by atoms with E-state index in [4.69, 9.17) is 0 Å². The third-order valence-electron chi connectivity index (χ3n) is 3.58. The van der Waals surface area contributed by atoms with Crippen molar-refractivity contribution in [3.05, 3.63) is 53.3 Å². The van der Waals surface area contributed by atoms with Gasteiger partial charge in [-0.05, 0) is 17.5 Å². The molecule has 1 aromatic heterocycles. The summed E-state index contributed by atoms with van der Waals surface area (Å²) in [6.45, 7) is 2.44. The van der Waals surface area contributed by atoms with Gasteiger partial charge in [-0.25, -0.2) is 18.4 Å². The van der Waals surface area contributed by atoms with E-state index < -0.39 is 9.84 Å². The second-order valence-electron chi connectivity index (χ2n) is 5.34. The molecule has 1 aromatic carbocycles. The van der Waals surface area contributed by atoms with E-state index in [0.29, 0.717) is 6.54 Å². The van der Waals surface area contributed by atoms with Crippen molar-refractivity contribution >= 4 is 9.84 Å². The van der Waals surface area contributed by atoms with Crippen LogP contribution in [0.4, 0.5) is 0 Å². The fourth-order valence-electron chi connectivity index (χ4n) is 2.49. The lowest BCUT2D eigenvalue weighted by atomic mass is 10.1. The highest BCUT2D eigenvalue weighted by atomic mass is 32.2. The Morgan fingerprint density at radius 3 is 2.71 bits per heavy atom. The summed E-state index contributed by atoms with van der Waals surface area (Å²) in [7, 11) is -3.35. The maximum Gasteiger partial charge on any atom is 0.247 e. The molecule has 0 bridgehead atoms. The lowest BCUT2D eigenvalue weighted by molar-refractivity contribution is 0.240. The second-order valence-corrected chi connectivity index (χ2v) is 7.25. The van der Waals surface area contributed by atoms with Gasteiger partial charge >= 0.3 is 0 Å². The van der Waals surface area contributed by atoms with Crippen LogP contribution in [-0.4, -0.2) is 36.1 Å². The van der Waals surface area contributed by atoms with Crippen LogP contribution in [0.5, 0.6) is 0 Å². The minimum Gasteiger partial charge on any atom is -0.293 e. The number of benzene rings is 1. The normalized spacial score (nSPS) is 15.7. The zero-order chi connectivity index (χ0) is 14.9. The van der Waals surface area contributed by atoms with Gasteiger partial charge in [-0.1, -0.05) is 30.3 Å². The van der Waals surface area contributed by atoms with Crippen LogP contribution >= 0.6 is 0 Å². The van der Waals surface area contributed by atoms with Crippen LogP contribution in [0, 0.1) is 0 Å². The number of nitrogens with zero attached hydrogens (tertiary/aromatic N) is 3. The van der Waals surface area contributed by atoms with E-state index in [2.05, 4.69) is 27.0 Å². The van der Waals surface area contributed by atoms with Gasteiger partial charge < -0.3 is 0 Å². The van der Waals surface area contributed by atoms with Crippen molar-refractivity contribution < 1.29 is 8.42 Å². The molecular formula is C15H17N3O2S. The molecule has 0 saturated heterocycles. The van der Waals surface area contributed by atoms with E-state index in [1.807, 2.05) is 18.2 Å². The van der Waals surface area contributed by atoms with Gasteiger partial charge in [0, 0.05) is 32.1 Å². The Balaban J connectivity index is 1.81. The van der Waals surface area contributed by atoms with Crippen LogP contribution in [0.1, 0.15) is 16.8 Å². The molecule has 0 aliphatic carbocycles. The number of rotatable bonds is 3. The predicted molar refractivity (Wildman–Crippen MR) is 79.4 cm³/mol. The number of aromatic nitrogens is 2. The van der Waals surface area contributed by atoms with Crippen LogP contribution in [-0.2, 0) is 29.3 Å². The topological polar surface area (TPSA) is 63.2 Å². The summed E-state index contributed by atoms with van der Waals surface area (Å²) in [5.41, 5.74) is 3.12. The molecule has 0 saturated carbocycles. The Bertz CT molecular complexity index is 745. The molecule has 1 aliphatic heterocycles. The molecule has 0 atom stereocenters. The minimum atomic E-state index is -3.35. The molecule has 2 aromatic rings. The summed E-state index contributed by atoms with van der Waals surface area (Å²) in [5.74, 6) is 0. The molecule has 0 unspecified atom stereocenters. The Morgan fingerprint density at radius 1 is 1.24 bits per heavy atom. The number of hydrogen-bond donors (Lipinski definition) is 0. The fraction of sp³-hybridized carbons (Fsp3) is 0.333. The van der Waals surface area contributed by atoms with E-state index >= 15 is 0 Å². The minimum absolute atomic E-state index is 0.0807. The first-order valence-electron chi connectivity index (χ1n) is 6.83. The zero-order valence-corrected chi connectivity index (χ0v) is 12.7. The van der Waals surface area contributed by atoms with E-state index in [1.54, 1.807) is 6.20 Å². The quantitative estimate of drug-likeness (QED) is 0.803. The first kappa shape index (κ1) is 14.2. The van der Waals surface area contributed by atoms with Gasteiger partial charge in [0.1, 0.15) is 0 Å². The summed E-state index contributed by atoms with van der Waals surface area (Å²) in [6.07, 6.45) is 3.64. The summed E-state index contributed by atoms with van der Waals surface area (Å²) < 4.78 is 23.1. The van der Waals surface area contributed by atoms with Crippen molar-refractivity contribution in [1.82, 2.24) is 14.9 Å². The molecule has 110 valence electrons. The average Bonchev–Trinajstić information content (AvgIpc) is 2.46. The van der Waals surface area contributed by atoms with Gasteiger partial charge in [-0.3, -0.25) is 4.90 Å². The molecule has 6 heteroatoms. The van der Waals surface area contributed by atoms with E-state index in [0.717, 1.165) is 37.0 Å². The molecular weight excluding hydrogens is 286 g/mol. The fourth-order valence-corrected chi connectivity index (χ4v) is 3.01. The SMILES string of the molecule is CS(=O)(=O)c1ncc2c(n1)CN(Cc1ccccc1)CC2. The molecule has 2 heterocycles. The van der Waals surface area contributed by atoms with Gasteiger partial charge in [-0.2, -0.15) is 0 Å². The molecule has 3 rings (SSSR count). The molecule has 21 heavy (non-hydrogen) atoms. The highest BCUT2D eigenvalue weighted by Gasteiger charge is 2.21. The molecule has 0 spiro atoms. The predicted octanol–water partition coefficient (Wildman–Crippen LogP) is 1.44. The highest BCUT2D eigenvalue weighted by molar-refractivity contribution is 7.90. The molecule has 1 aliphatic rings. The van der Waals surface area contributed by atoms with Crippen LogP contribution in [0.3, 0.4) is 0 Å². The van der Waals surface area contributed by atoms with Crippen molar-refractivity contribution in [1.29, 1.82) is 0 Å². The summed E-state index contributed by atoms with van der Waals surface area (Å²) in [5, 5.41) is -0.0807. The monoisotopic (exact) mass is 303 g/mol. The Kier molecular flexibility index (Phi) is 3.73. The van der Waals surface area contributed by atoms with Crippen LogP contribution < -0.4 is 0 Å². The van der Waals surface area contributed by atoms with Crippen molar-refractivity contribution in [2.24, 2.45) is 0 Å². The Morgan fingerprint density at radius 2 is 2.00 bits per heavy atom. The number of sulfone groups is 1. The number of fused-ring (bicyclic) bond motifs is 1. The van der Waals surface area contributed by atoms with Crippen molar-refractivity contribution in [3.63, 3.8) is 0 Å². The lowest BCUT2D eigenvalue weighted by Gasteiger charge is -2.27. The summed E-state index contributed by atoms with van der Waals surface area (Å²) in [6, 6.07) is 10.2. The van der Waals surface area contributed by atoms with E-state index in [9.17, 15) is 8.42 Å². The Hall–Kier alpha value is -1.79.